The quantitative estimate of drug-likeness (QED) is 0.774. The molecule has 1 heterocycles. The number of carbonyl (C=O) groups is 3. The summed E-state index contributed by atoms with van der Waals surface area (Å²) in [7, 11) is 1.57. The summed E-state index contributed by atoms with van der Waals surface area (Å²) in [6.07, 6.45) is 0.125. The molecule has 0 radical (unpaired) electrons. The topological polar surface area (TPSA) is 79.0 Å². The van der Waals surface area contributed by atoms with Crippen molar-refractivity contribution in [2.45, 2.75) is 33.6 Å². The Balaban J connectivity index is 1.52. The molecule has 0 atom stereocenters. The maximum absolute atomic E-state index is 12.7. The van der Waals surface area contributed by atoms with Gasteiger partial charge in [0.1, 0.15) is 12.4 Å². The van der Waals surface area contributed by atoms with Crippen LogP contribution in [0.4, 0.5) is 11.4 Å². The van der Waals surface area contributed by atoms with E-state index in [-0.39, 0.29) is 37.1 Å². The third-order valence-corrected chi connectivity index (χ3v) is 5.33. The molecule has 1 aliphatic rings. The predicted molar refractivity (Wildman–Crippen MR) is 120 cm³/mol. The molecule has 0 saturated carbocycles. The van der Waals surface area contributed by atoms with Crippen molar-refractivity contribution in [2.75, 3.05) is 37.0 Å². The zero-order chi connectivity index (χ0) is 22.5. The number of benzene rings is 2. The van der Waals surface area contributed by atoms with E-state index in [2.05, 4.69) is 5.32 Å². The summed E-state index contributed by atoms with van der Waals surface area (Å²) in [5.74, 6) is 0.0264. The zero-order valence-electron chi connectivity index (χ0n) is 18.5. The minimum absolute atomic E-state index is 0.0464. The second-order valence-corrected chi connectivity index (χ2v) is 7.93. The zero-order valence-corrected chi connectivity index (χ0v) is 18.5. The number of hydrogen-bond acceptors (Lipinski definition) is 4. The average Bonchev–Trinajstić information content (AvgIpc) is 2.73. The molecule has 164 valence electrons. The Hall–Kier alpha value is -3.35. The first kappa shape index (κ1) is 22.3. The minimum atomic E-state index is -0.265. The van der Waals surface area contributed by atoms with Gasteiger partial charge in [-0.05, 0) is 44.0 Å². The van der Waals surface area contributed by atoms with E-state index in [4.69, 9.17) is 4.74 Å². The van der Waals surface area contributed by atoms with E-state index in [1.807, 2.05) is 57.2 Å². The van der Waals surface area contributed by atoms with Crippen molar-refractivity contribution < 1.29 is 19.1 Å². The molecular formula is C24H29N3O4. The number of ether oxygens (including phenoxy) is 1. The Morgan fingerprint density at radius 3 is 2.45 bits per heavy atom. The summed E-state index contributed by atoms with van der Waals surface area (Å²) in [6.45, 7) is 6.71. The van der Waals surface area contributed by atoms with Crippen molar-refractivity contribution in [3.8, 4) is 5.75 Å². The number of para-hydroxylation sites is 2. The highest BCUT2D eigenvalue weighted by molar-refractivity contribution is 5.98. The van der Waals surface area contributed by atoms with Gasteiger partial charge in [-0.25, -0.2) is 0 Å². The Labute approximate surface area is 183 Å². The van der Waals surface area contributed by atoms with E-state index in [0.717, 1.165) is 28.1 Å². The maximum Gasteiger partial charge on any atom is 0.243 e. The monoisotopic (exact) mass is 423 g/mol. The van der Waals surface area contributed by atoms with Crippen molar-refractivity contribution in [2.24, 2.45) is 0 Å². The van der Waals surface area contributed by atoms with Crippen LogP contribution in [0.1, 0.15) is 29.5 Å². The lowest BCUT2D eigenvalue weighted by atomic mass is 10.1. The Kier molecular flexibility index (Phi) is 6.95. The standard InChI is InChI=1S/C24H29N3O4/c1-16-13-17(2)24(18(3)14-16)25-21(28)15-26(4)22(29)9-10-23(30)27-11-12-31-20-8-6-5-7-19(20)27/h5-8,13-14H,9-12,15H2,1-4H3,(H,25,28). The van der Waals surface area contributed by atoms with Crippen LogP contribution in [0, 0.1) is 20.8 Å². The third kappa shape index (κ3) is 5.42. The second-order valence-electron chi connectivity index (χ2n) is 7.93. The van der Waals surface area contributed by atoms with Gasteiger partial charge in [0.2, 0.25) is 17.7 Å². The van der Waals surface area contributed by atoms with Crippen LogP contribution in [0.2, 0.25) is 0 Å². The molecule has 0 saturated heterocycles. The van der Waals surface area contributed by atoms with Gasteiger partial charge in [-0.1, -0.05) is 29.8 Å². The molecule has 0 bridgehead atoms. The van der Waals surface area contributed by atoms with E-state index in [1.165, 1.54) is 4.90 Å². The number of amides is 3. The summed E-state index contributed by atoms with van der Waals surface area (Å²) in [6, 6.07) is 11.4. The summed E-state index contributed by atoms with van der Waals surface area (Å²) < 4.78 is 5.57. The van der Waals surface area contributed by atoms with E-state index in [1.54, 1.807) is 11.9 Å². The highest BCUT2D eigenvalue weighted by Gasteiger charge is 2.24. The van der Waals surface area contributed by atoms with Gasteiger partial charge in [0.25, 0.3) is 0 Å². The van der Waals surface area contributed by atoms with E-state index in [0.29, 0.717) is 18.9 Å². The molecule has 0 fully saturated rings. The smallest absolute Gasteiger partial charge is 0.243 e. The van der Waals surface area contributed by atoms with Crippen molar-refractivity contribution in [1.29, 1.82) is 0 Å². The summed E-state index contributed by atoms with van der Waals surface area (Å²) in [4.78, 5) is 40.6. The van der Waals surface area contributed by atoms with E-state index < -0.39 is 0 Å². The highest BCUT2D eigenvalue weighted by Crippen LogP contribution is 2.31. The lowest BCUT2D eigenvalue weighted by Gasteiger charge is -2.29. The van der Waals surface area contributed by atoms with Crippen LogP contribution in [0.5, 0.6) is 5.75 Å². The number of carbonyl (C=O) groups excluding carboxylic acids is 3. The lowest BCUT2D eigenvalue weighted by Crippen LogP contribution is -2.39. The molecule has 0 aliphatic carbocycles. The van der Waals surface area contributed by atoms with Crippen LogP contribution in [0.3, 0.4) is 0 Å². The summed E-state index contributed by atoms with van der Waals surface area (Å²) in [5.41, 5.74) is 4.60. The van der Waals surface area contributed by atoms with Crippen molar-refractivity contribution in [3.05, 3.63) is 53.1 Å². The molecule has 7 nitrogen and oxygen atoms in total. The largest absolute Gasteiger partial charge is 0.490 e. The Morgan fingerprint density at radius 1 is 1.06 bits per heavy atom. The minimum Gasteiger partial charge on any atom is -0.490 e. The molecule has 3 amide bonds. The fourth-order valence-corrected chi connectivity index (χ4v) is 3.83. The molecule has 2 aromatic rings. The second kappa shape index (κ2) is 9.64. The highest BCUT2D eigenvalue weighted by atomic mass is 16.5. The van der Waals surface area contributed by atoms with Crippen LogP contribution >= 0.6 is 0 Å². The first-order chi connectivity index (χ1) is 14.8. The molecule has 3 rings (SSSR count). The first-order valence-corrected chi connectivity index (χ1v) is 10.4. The van der Waals surface area contributed by atoms with Crippen LogP contribution in [0.15, 0.2) is 36.4 Å². The van der Waals surface area contributed by atoms with Crippen molar-refractivity contribution in [1.82, 2.24) is 4.90 Å². The third-order valence-electron chi connectivity index (χ3n) is 5.33. The van der Waals surface area contributed by atoms with Gasteiger partial charge in [0, 0.05) is 25.6 Å². The average molecular weight is 424 g/mol. The van der Waals surface area contributed by atoms with Crippen molar-refractivity contribution >= 4 is 29.1 Å². The molecule has 0 unspecified atom stereocenters. The van der Waals surface area contributed by atoms with Gasteiger partial charge in [-0.2, -0.15) is 0 Å². The van der Waals surface area contributed by atoms with Gasteiger partial charge in [-0.15, -0.1) is 0 Å². The summed E-state index contributed by atoms with van der Waals surface area (Å²) >= 11 is 0. The van der Waals surface area contributed by atoms with Gasteiger partial charge in [0.15, 0.2) is 0 Å². The van der Waals surface area contributed by atoms with Crippen LogP contribution in [-0.2, 0) is 14.4 Å². The number of nitrogens with one attached hydrogen (secondary N) is 1. The normalized spacial score (nSPS) is 12.6. The van der Waals surface area contributed by atoms with E-state index >= 15 is 0 Å². The van der Waals surface area contributed by atoms with E-state index in [9.17, 15) is 14.4 Å². The predicted octanol–water partition coefficient (Wildman–Crippen LogP) is 3.21. The van der Waals surface area contributed by atoms with Gasteiger partial charge in [-0.3, -0.25) is 14.4 Å². The molecule has 0 spiro atoms. The molecule has 31 heavy (non-hydrogen) atoms. The van der Waals surface area contributed by atoms with Crippen LogP contribution in [-0.4, -0.2) is 49.4 Å². The number of aryl methyl sites for hydroxylation is 3. The van der Waals surface area contributed by atoms with Crippen LogP contribution < -0.4 is 15.0 Å². The number of likely N-dealkylation sites (N-methyl/N-ethyl adjacent to an activating group) is 1. The Bertz CT molecular complexity index is 979. The lowest BCUT2D eigenvalue weighted by molar-refractivity contribution is -0.134. The van der Waals surface area contributed by atoms with Gasteiger partial charge >= 0.3 is 0 Å². The number of hydrogen-bond donors (Lipinski definition) is 1. The van der Waals surface area contributed by atoms with Crippen molar-refractivity contribution in [3.63, 3.8) is 0 Å². The number of anilines is 2. The molecule has 0 aromatic heterocycles. The first-order valence-electron chi connectivity index (χ1n) is 10.4. The number of rotatable bonds is 6. The Morgan fingerprint density at radius 2 is 1.74 bits per heavy atom. The molecule has 2 aromatic carbocycles. The fourth-order valence-electron chi connectivity index (χ4n) is 3.83. The summed E-state index contributed by atoms with van der Waals surface area (Å²) in [5, 5.41) is 2.90. The SMILES string of the molecule is Cc1cc(C)c(NC(=O)CN(C)C(=O)CCC(=O)N2CCOc3ccccc32)c(C)c1. The molecule has 1 N–H and O–H groups in total. The molecule has 7 heteroatoms. The molecular weight excluding hydrogens is 394 g/mol. The van der Waals surface area contributed by atoms with Gasteiger partial charge in [0.05, 0.1) is 18.8 Å². The van der Waals surface area contributed by atoms with Crippen LogP contribution in [0.25, 0.3) is 0 Å². The number of nitrogens with zero attached hydrogens (tertiary/aromatic N) is 2. The maximum atomic E-state index is 12.7. The fraction of sp³-hybridized carbons (Fsp3) is 0.375. The molecule has 1 aliphatic heterocycles. The number of fused-ring (bicyclic) bond motifs is 1. The van der Waals surface area contributed by atoms with Gasteiger partial charge < -0.3 is 19.9 Å².